The van der Waals surface area contributed by atoms with E-state index in [1.807, 2.05) is 27.7 Å². The number of Topliss-reactive ketones (excluding diaryl/α,β-unsaturated/α-hetero) is 1. The predicted octanol–water partition coefficient (Wildman–Crippen LogP) is 3.63. The Hall–Kier alpha value is -1.93. The SMILES string of the molecule is CC(C)(C)OC(=O)N1[C@@H]2C[C@@H]2C[C@H]1C(=O)Cc1cccc(B2OC(C)(C)C(C)(C)O2)c1F. The van der Waals surface area contributed by atoms with Crippen molar-refractivity contribution < 1.29 is 28.0 Å². The molecule has 0 unspecified atom stereocenters. The standard InChI is InChI=1S/C24H33BFNO5/c1-22(2,3)30-21(29)27-17-11-15(17)12-18(27)19(28)13-14-9-8-10-16(20(14)26)25-31-23(4,5)24(6,7)32-25/h8-10,15,17-18H,11-13H2,1-7H3/t15-,17-,18+/m1/s1. The molecule has 1 saturated carbocycles. The van der Waals surface area contributed by atoms with Crippen molar-refractivity contribution >= 4 is 24.5 Å². The van der Waals surface area contributed by atoms with Crippen LogP contribution in [0.1, 0.15) is 66.9 Å². The van der Waals surface area contributed by atoms with Crippen LogP contribution in [0.2, 0.25) is 0 Å². The number of ether oxygens (including phenoxy) is 1. The summed E-state index contributed by atoms with van der Waals surface area (Å²) in [6, 6.07) is 4.43. The molecule has 1 aromatic rings. The van der Waals surface area contributed by atoms with Gasteiger partial charge >= 0.3 is 13.2 Å². The Balaban J connectivity index is 1.51. The van der Waals surface area contributed by atoms with E-state index in [0.717, 1.165) is 6.42 Å². The predicted molar refractivity (Wildman–Crippen MR) is 119 cm³/mol. The molecule has 1 aromatic carbocycles. The van der Waals surface area contributed by atoms with Crippen LogP contribution < -0.4 is 5.46 Å². The Morgan fingerprint density at radius 3 is 2.38 bits per heavy atom. The first-order chi connectivity index (χ1) is 14.7. The van der Waals surface area contributed by atoms with Crippen LogP contribution in [0.15, 0.2) is 18.2 Å². The fourth-order valence-electron chi connectivity index (χ4n) is 4.51. The molecule has 2 aliphatic heterocycles. The first kappa shape index (κ1) is 23.2. The van der Waals surface area contributed by atoms with Gasteiger partial charge in [0.15, 0.2) is 5.78 Å². The number of fused-ring (bicyclic) bond motifs is 1. The number of piperidine rings is 1. The summed E-state index contributed by atoms with van der Waals surface area (Å²) in [5.74, 6) is -0.336. The molecule has 0 radical (unpaired) electrons. The fraction of sp³-hybridized carbons (Fsp3) is 0.667. The smallest absolute Gasteiger partial charge is 0.444 e. The molecule has 3 atom stereocenters. The van der Waals surface area contributed by atoms with E-state index in [0.29, 0.717) is 12.3 Å². The van der Waals surface area contributed by atoms with Crippen LogP contribution >= 0.6 is 0 Å². The summed E-state index contributed by atoms with van der Waals surface area (Å²) in [5.41, 5.74) is -1.25. The topological polar surface area (TPSA) is 65.1 Å². The number of nitrogens with zero attached hydrogens (tertiary/aromatic N) is 1. The van der Waals surface area contributed by atoms with Crippen LogP contribution in [0, 0.1) is 11.7 Å². The lowest BCUT2D eigenvalue weighted by Gasteiger charge is -2.32. The van der Waals surface area contributed by atoms with Gasteiger partial charge in [-0.1, -0.05) is 18.2 Å². The normalized spacial score (nSPS) is 27.9. The molecule has 4 rings (SSSR count). The second kappa shape index (κ2) is 7.56. The Morgan fingerprint density at radius 2 is 1.78 bits per heavy atom. The highest BCUT2D eigenvalue weighted by Gasteiger charge is 2.57. The highest BCUT2D eigenvalue weighted by molar-refractivity contribution is 6.62. The molecule has 0 N–H and O–H groups in total. The molecule has 3 fully saturated rings. The Bertz CT molecular complexity index is 925. The number of benzene rings is 1. The van der Waals surface area contributed by atoms with Gasteiger partial charge in [-0.05, 0) is 72.8 Å². The van der Waals surface area contributed by atoms with Crippen molar-refractivity contribution in [3.63, 3.8) is 0 Å². The maximum atomic E-state index is 15.4. The van der Waals surface area contributed by atoms with Gasteiger partial charge in [0.1, 0.15) is 11.4 Å². The van der Waals surface area contributed by atoms with Gasteiger partial charge in [-0.25, -0.2) is 9.18 Å². The van der Waals surface area contributed by atoms with E-state index in [1.54, 1.807) is 43.9 Å². The second-order valence-electron chi connectivity index (χ2n) is 11.3. The van der Waals surface area contributed by atoms with Gasteiger partial charge in [0.25, 0.3) is 0 Å². The summed E-state index contributed by atoms with van der Waals surface area (Å²) in [6.07, 6.45) is 0.950. The number of ketones is 1. The summed E-state index contributed by atoms with van der Waals surface area (Å²) in [7, 11) is -0.840. The largest absolute Gasteiger partial charge is 0.497 e. The van der Waals surface area contributed by atoms with E-state index >= 15 is 4.39 Å². The Labute approximate surface area is 189 Å². The molecular weight excluding hydrogens is 412 g/mol. The summed E-state index contributed by atoms with van der Waals surface area (Å²) in [5, 5.41) is 0. The molecule has 3 aliphatic rings. The number of amides is 1. The van der Waals surface area contributed by atoms with Crippen molar-refractivity contribution in [3.8, 4) is 0 Å². The molecule has 6 nitrogen and oxygen atoms in total. The van der Waals surface area contributed by atoms with Gasteiger partial charge in [0, 0.05) is 17.9 Å². The lowest BCUT2D eigenvalue weighted by molar-refractivity contribution is -0.123. The Kier molecular flexibility index (Phi) is 5.49. The lowest BCUT2D eigenvalue weighted by Crippen LogP contribution is -2.46. The molecule has 1 aliphatic carbocycles. The molecule has 174 valence electrons. The Morgan fingerprint density at radius 1 is 1.16 bits per heavy atom. The van der Waals surface area contributed by atoms with E-state index in [1.165, 1.54) is 0 Å². The van der Waals surface area contributed by atoms with Crippen molar-refractivity contribution in [3.05, 3.63) is 29.6 Å². The van der Waals surface area contributed by atoms with Crippen LogP contribution in [0.25, 0.3) is 0 Å². The molecule has 2 saturated heterocycles. The van der Waals surface area contributed by atoms with E-state index in [2.05, 4.69) is 0 Å². The summed E-state index contributed by atoms with van der Waals surface area (Å²) < 4.78 is 32.9. The third-order valence-electron chi connectivity index (χ3n) is 7.06. The average Bonchev–Trinajstić information content (AvgIpc) is 3.23. The van der Waals surface area contributed by atoms with Crippen molar-refractivity contribution in [2.75, 3.05) is 0 Å². The molecule has 1 amide bonds. The summed E-state index contributed by atoms with van der Waals surface area (Å²) in [6.45, 7) is 13.1. The van der Waals surface area contributed by atoms with Crippen LogP contribution in [0.4, 0.5) is 9.18 Å². The van der Waals surface area contributed by atoms with Gasteiger partial charge in [0.05, 0.1) is 17.2 Å². The number of carbonyl (C=O) groups excluding carboxylic acids is 2. The molecule has 32 heavy (non-hydrogen) atoms. The number of hydrogen-bond acceptors (Lipinski definition) is 5. The molecule has 0 bridgehead atoms. The zero-order valence-electron chi connectivity index (χ0n) is 20.0. The maximum absolute atomic E-state index is 15.4. The highest BCUT2D eigenvalue weighted by Crippen LogP contribution is 2.48. The van der Waals surface area contributed by atoms with E-state index in [-0.39, 0.29) is 29.3 Å². The number of likely N-dealkylation sites (tertiary alicyclic amines) is 1. The second-order valence-corrected chi connectivity index (χ2v) is 11.3. The zero-order valence-corrected chi connectivity index (χ0v) is 20.0. The van der Waals surface area contributed by atoms with Crippen LogP contribution in [-0.4, -0.2) is 52.8 Å². The van der Waals surface area contributed by atoms with Gasteiger partial charge in [-0.2, -0.15) is 0 Å². The van der Waals surface area contributed by atoms with Crippen LogP contribution in [-0.2, 0) is 25.3 Å². The zero-order chi connectivity index (χ0) is 23.6. The minimum atomic E-state index is -0.840. The van der Waals surface area contributed by atoms with E-state index in [9.17, 15) is 9.59 Å². The minimum absolute atomic E-state index is 0.0553. The minimum Gasteiger partial charge on any atom is -0.444 e. The number of carbonyl (C=O) groups is 2. The third-order valence-corrected chi connectivity index (χ3v) is 7.06. The van der Waals surface area contributed by atoms with Crippen LogP contribution in [0.5, 0.6) is 0 Å². The first-order valence-electron chi connectivity index (χ1n) is 11.4. The molecule has 8 heteroatoms. The van der Waals surface area contributed by atoms with Gasteiger partial charge in [-0.15, -0.1) is 0 Å². The lowest BCUT2D eigenvalue weighted by atomic mass is 9.77. The number of rotatable bonds is 4. The van der Waals surface area contributed by atoms with E-state index in [4.69, 9.17) is 14.0 Å². The highest BCUT2D eigenvalue weighted by atomic mass is 19.1. The fourth-order valence-corrected chi connectivity index (χ4v) is 4.51. The average molecular weight is 445 g/mol. The quantitative estimate of drug-likeness (QED) is 0.663. The summed E-state index contributed by atoms with van der Waals surface area (Å²) >= 11 is 0. The third kappa shape index (κ3) is 4.19. The van der Waals surface area contributed by atoms with Gasteiger partial charge in [-0.3, -0.25) is 9.69 Å². The molecule has 2 heterocycles. The molecule has 0 spiro atoms. The van der Waals surface area contributed by atoms with Crippen molar-refractivity contribution in [2.45, 2.75) is 96.6 Å². The van der Waals surface area contributed by atoms with Gasteiger partial charge in [0.2, 0.25) is 0 Å². The number of halogens is 1. The van der Waals surface area contributed by atoms with Crippen molar-refractivity contribution in [1.82, 2.24) is 4.90 Å². The number of hydrogen-bond donors (Lipinski definition) is 0. The van der Waals surface area contributed by atoms with Crippen molar-refractivity contribution in [1.29, 1.82) is 0 Å². The molecular formula is C24H33BFNO5. The van der Waals surface area contributed by atoms with Gasteiger partial charge < -0.3 is 14.0 Å². The summed E-state index contributed by atoms with van der Waals surface area (Å²) in [4.78, 5) is 27.5. The molecule has 0 aromatic heterocycles. The first-order valence-corrected chi connectivity index (χ1v) is 11.4. The van der Waals surface area contributed by atoms with Crippen LogP contribution in [0.3, 0.4) is 0 Å². The van der Waals surface area contributed by atoms with Crippen molar-refractivity contribution in [2.24, 2.45) is 5.92 Å². The van der Waals surface area contributed by atoms with E-state index < -0.39 is 41.9 Å². The maximum Gasteiger partial charge on any atom is 0.497 e. The monoisotopic (exact) mass is 445 g/mol.